The predicted molar refractivity (Wildman–Crippen MR) is 65.1 cm³/mol. The van der Waals surface area contributed by atoms with Gasteiger partial charge in [-0.25, -0.2) is 0 Å². The fourth-order valence-electron chi connectivity index (χ4n) is 1.64. The molecular formula is C14H17NO. The van der Waals surface area contributed by atoms with Crippen molar-refractivity contribution < 1.29 is 4.42 Å². The van der Waals surface area contributed by atoms with E-state index < -0.39 is 0 Å². The number of aryl methyl sites for hydroxylation is 1. The van der Waals surface area contributed by atoms with E-state index in [-0.39, 0.29) is 0 Å². The van der Waals surface area contributed by atoms with Crippen LogP contribution in [0.4, 0.5) is 0 Å². The van der Waals surface area contributed by atoms with Gasteiger partial charge >= 0.3 is 0 Å². The minimum absolute atomic E-state index is 0.357. The molecule has 2 heteroatoms. The van der Waals surface area contributed by atoms with Crippen molar-refractivity contribution in [2.75, 3.05) is 0 Å². The van der Waals surface area contributed by atoms with Crippen LogP contribution in [0.3, 0.4) is 0 Å². The molecule has 0 unspecified atom stereocenters. The van der Waals surface area contributed by atoms with Crippen molar-refractivity contribution in [3.63, 3.8) is 0 Å². The first-order chi connectivity index (χ1) is 7.75. The fourth-order valence-corrected chi connectivity index (χ4v) is 1.64. The summed E-state index contributed by atoms with van der Waals surface area (Å²) in [6.07, 6.45) is 3.47. The van der Waals surface area contributed by atoms with Crippen LogP contribution in [-0.2, 0) is 6.54 Å². The van der Waals surface area contributed by atoms with Crippen LogP contribution >= 0.6 is 0 Å². The maximum atomic E-state index is 5.03. The highest BCUT2D eigenvalue weighted by Crippen LogP contribution is 2.13. The number of nitrogens with one attached hydrogen (secondary N) is 1. The van der Waals surface area contributed by atoms with Gasteiger partial charge in [-0.15, -0.1) is 0 Å². The summed E-state index contributed by atoms with van der Waals surface area (Å²) in [5.41, 5.74) is 3.79. The first-order valence-electron chi connectivity index (χ1n) is 5.57. The standard InChI is InChI=1S/C14H17NO/c1-11-3-5-14(6-4-11)12(2)15-9-13-7-8-16-10-13/h3-8,10,12,15H,9H2,1-2H3/t12-/m1/s1. The monoisotopic (exact) mass is 215 g/mol. The zero-order valence-corrected chi connectivity index (χ0v) is 9.73. The molecule has 2 aromatic rings. The third kappa shape index (κ3) is 2.74. The van der Waals surface area contributed by atoms with Crippen molar-refractivity contribution in [3.05, 3.63) is 59.5 Å². The van der Waals surface area contributed by atoms with Gasteiger partial charge in [-0.3, -0.25) is 0 Å². The van der Waals surface area contributed by atoms with Gasteiger partial charge in [0.25, 0.3) is 0 Å². The molecule has 0 aliphatic heterocycles. The largest absolute Gasteiger partial charge is 0.472 e. The highest BCUT2D eigenvalue weighted by molar-refractivity contribution is 5.23. The molecule has 0 spiro atoms. The van der Waals surface area contributed by atoms with E-state index in [9.17, 15) is 0 Å². The van der Waals surface area contributed by atoms with Crippen molar-refractivity contribution in [1.29, 1.82) is 0 Å². The lowest BCUT2D eigenvalue weighted by atomic mass is 10.1. The van der Waals surface area contributed by atoms with Crippen LogP contribution in [-0.4, -0.2) is 0 Å². The second-order valence-corrected chi connectivity index (χ2v) is 4.14. The van der Waals surface area contributed by atoms with Gasteiger partial charge in [0.1, 0.15) is 0 Å². The fraction of sp³-hybridized carbons (Fsp3) is 0.286. The van der Waals surface area contributed by atoms with Crippen molar-refractivity contribution in [2.45, 2.75) is 26.4 Å². The van der Waals surface area contributed by atoms with Crippen LogP contribution in [0, 0.1) is 6.92 Å². The maximum Gasteiger partial charge on any atom is 0.0947 e. The molecule has 1 N–H and O–H groups in total. The summed E-state index contributed by atoms with van der Waals surface area (Å²) in [5.74, 6) is 0. The molecule has 0 saturated carbocycles. The molecule has 0 aliphatic rings. The third-order valence-corrected chi connectivity index (χ3v) is 2.77. The molecule has 0 aliphatic carbocycles. The van der Waals surface area contributed by atoms with E-state index in [4.69, 9.17) is 4.42 Å². The Balaban J connectivity index is 1.93. The average molecular weight is 215 g/mol. The topological polar surface area (TPSA) is 25.2 Å². The zero-order chi connectivity index (χ0) is 11.4. The number of benzene rings is 1. The molecule has 1 aromatic heterocycles. The third-order valence-electron chi connectivity index (χ3n) is 2.77. The second kappa shape index (κ2) is 4.99. The van der Waals surface area contributed by atoms with Gasteiger partial charge in [0.05, 0.1) is 12.5 Å². The van der Waals surface area contributed by atoms with E-state index in [1.165, 1.54) is 16.7 Å². The quantitative estimate of drug-likeness (QED) is 0.845. The van der Waals surface area contributed by atoms with E-state index >= 15 is 0 Å². The van der Waals surface area contributed by atoms with Gasteiger partial charge in [-0.05, 0) is 25.5 Å². The maximum absolute atomic E-state index is 5.03. The Bertz CT molecular complexity index is 417. The first kappa shape index (κ1) is 11.0. The van der Waals surface area contributed by atoms with E-state index in [1.54, 1.807) is 12.5 Å². The molecule has 2 rings (SSSR count). The van der Waals surface area contributed by atoms with Crippen LogP contribution in [0.15, 0.2) is 47.3 Å². The summed E-state index contributed by atoms with van der Waals surface area (Å²) >= 11 is 0. The molecule has 2 nitrogen and oxygen atoms in total. The van der Waals surface area contributed by atoms with Crippen LogP contribution in [0.1, 0.15) is 29.7 Å². The summed E-state index contributed by atoms with van der Waals surface area (Å²) in [6, 6.07) is 11.0. The van der Waals surface area contributed by atoms with Crippen molar-refractivity contribution in [1.82, 2.24) is 5.32 Å². The van der Waals surface area contributed by atoms with Crippen molar-refractivity contribution >= 4 is 0 Å². The molecule has 1 atom stereocenters. The lowest BCUT2D eigenvalue weighted by Crippen LogP contribution is -2.17. The van der Waals surface area contributed by atoms with Gasteiger partial charge < -0.3 is 9.73 Å². The molecule has 16 heavy (non-hydrogen) atoms. The van der Waals surface area contributed by atoms with Gasteiger partial charge in [0, 0.05) is 18.2 Å². The molecule has 1 aromatic carbocycles. The number of hydrogen-bond donors (Lipinski definition) is 1. The Labute approximate surface area is 96.3 Å². The highest BCUT2D eigenvalue weighted by Gasteiger charge is 2.04. The Morgan fingerprint density at radius 2 is 1.94 bits per heavy atom. The second-order valence-electron chi connectivity index (χ2n) is 4.14. The number of hydrogen-bond acceptors (Lipinski definition) is 2. The first-order valence-corrected chi connectivity index (χ1v) is 5.57. The normalized spacial score (nSPS) is 12.6. The molecular weight excluding hydrogens is 198 g/mol. The van der Waals surface area contributed by atoms with Crippen LogP contribution in [0.25, 0.3) is 0 Å². The van der Waals surface area contributed by atoms with Crippen molar-refractivity contribution in [3.8, 4) is 0 Å². The SMILES string of the molecule is Cc1ccc([C@@H](C)NCc2ccoc2)cc1. The van der Waals surface area contributed by atoms with Gasteiger partial charge in [0.15, 0.2) is 0 Å². The Morgan fingerprint density at radius 1 is 1.19 bits per heavy atom. The van der Waals surface area contributed by atoms with Crippen molar-refractivity contribution in [2.24, 2.45) is 0 Å². The highest BCUT2D eigenvalue weighted by atomic mass is 16.3. The van der Waals surface area contributed by atoms with Gasteiger partial charge in [-0.2, -0.15) is 0 Å². The summed E-state index contributed by atoms with van der Waals surface area (Å²) in [5, 5.41) is 3.46. The number of rotatable bonds is 4. The van der Waals surface area contributed by atoms with Crippen LogP contribution in [0.5, 0.6) is 0 Å². The van der Waals surface area contributed by atoms with Gasteiger partial charge in [-0.1, -0.05) is 29.8 Å². The summed E-state index contributed by atoms with van der Waals surface area (Å²) in [6.45, 7) is 5.11. The molecule has 0 fully saturated rings. The van der Waals surface area contributed by atoms with E-state index in [1.807, 2.05) is 6.07 Å². The smallest absolute Gasteiger partial charge is 0.0947 e. The molecule has 0 saturated heterocycles. The van der Waals surface area contributed by atoms with E-state index in [0.29, 0.717) is 6.04 Å². The predicted octanol–water partition coefficient (Wildman–Crippen LogP) is 3.44. The van der Waals surface area contributed by atoms with E-state index in [0.717, 1.165) is 6.54 Å². The van der Waals surface area contributed by atoms with Crippen LogP contribution < -0.4 is 5.32 Å². The lowest BCUT2D eigenvalue weighted by molar-refractivity contribution is 0.546. The lowest BCUT2D eigenvalue weighted by Gasteiger charge is -2.13. The molecule has 0 amide bonds. The number of furan rings is 1. The molecule has 84 valence electrons. The molecule has 1 heterocycles. The zero-order valence-electron chi connectivity index (χ0n) is 9.73. The molecule has 0 bridgehead atoms. The Kier molecular flexibility index (Phi) is 3.42. The summed E-state index contributed by atoms with van der Waals surface area (Å²) in [4.78, 5) is 0. The average Bonchev–Trinajstić information content (AvgIpc) is 2.80. The minimum atomic E-state index is 0.357. The van der Waals surface area contributed by atoms with E-state index in [2.05, 4.69) is 43.4 Å². The van der Waals surface area contributed by atoms with Gasteiger partial charge in [0.2, 0.25) is 0 Å². The summed E-state index contributed by atoms with van der Waals surface area (Å²) < 4.78 is 5.03. The molecule has 0 radical (unpaired) electrons. The Morgan fingerprint density at radius 3 is 2.56 bits per heavy atom. The minimum Gasteiger partial charge on any atom is -0.472 e. The summed E-state index contributed by atoms with van der Waals surface area (Å²) in [7, 11) is 0. The van der Waals surface area contributed by atoms with Crippen LogP contribution in [0.2, 0.25) is 0 Å². The Hall–Kier alpha value is -1.54.